The van der Waals surface area contributed by atoms with Crippen molar-refractivity contribution < 1.29 is 13.7 Å². The molecule has 1 N–H and O–H groups in total. The van der Waals surface area contributed by atoms with Crippen molar-refractivity contribution in [2.75, 3.05) is 18.0 Å². The fourth-order valence-electron chi connectivity index (χ4n) is 2.64. The van der Waals surface area contributed by atoms with Crippen molar-refractivity contribution in [3.63, 3.8) is 0 Å². The molecule has 4 heterocycles. The summed E-state index contributed by atoms with van der Waals surface area (Å²) in [6, 6.07) is 6.93. The van der Waals surface area contributed by atoms with Crippen molar-refractivity contribution in [2.24, 2.45) is 0 Å². The van der Waals surface area contributed by atoms with E-state index < -0.39 is 0 Å². The Morgan fingerprint density at radius 1 is 1.20 bits per heavy atom. The molecule has 9 heteroatoms. The van der Waals surface area contributed by atoms with Gasteiger partial charge in [0.2, 0.25) is 0 Å². The number of hydrogen-bond acceptors (Lipinski definition) is 8. The first-order valence-corrected chi connectivity index (χ1v) is 8.03. The average molecular weight is 340 g/mol. The summed E-state index contributed by atoms with van der Waals surface area (Å²) >= 11 is 0. The monoisotopic (exact) mass is 340 g/mol. The topological polar surface area (TPSA) is 110 Å². The lowest BCUT2D eigenvalue weighted by atomic mass is 10.3. The Bertz CT molecular complexity index is 837. The lowest BCUT2D eigenvalue weighted by Gasteiger charge is -2.15. The number of hydrogen-bond donors (Lipinski definition) is 1. The molecule has 1 aliphatic heterocycles. The van der Waals surface area contributed by atoms with Crippen LogP contribution in [0.15, 0.2) is 39.5 Å². The van der Waals surface area contributed by atoms with Crippen molar-refractivity contribution in [2.45, 2.75) is 19.4 Å². The van der Waals surface area contributed by atoms with Gasteiger partial charge >= 0.3 is 0 Å². The molecule has 128 valence electrons. The fraction of sp³-hybridized carbons (Fsp3) is 0.312. The van der Waals surface area contributed by atoms with Gasteiger partial charge in [-0.1, -0.05) is 5.16 Å². The Morgan fingerprint density at radius 2 is 2.08 bits per heavy atom. The number of carbonyl (C=O) groups is 1. The van der Waals surface area contributed by atoms with Crippen molar-refractivity contribution in [3.05, 3.63) is 42.0 Å². The predicted octanol–water partition coefficient (Wildman–Crippen LogP) is 1.65. The minimum Gasteiger partial charge on any atom is -0.459 e. The Labute approximate surface area is 143 Å². The van der Waals surface area contributed by atoms with Crippen LogP contribution in [-0.2, 0) is 6.54 Å². The summed E-state index contributed by atoms with van der Waals surface area (Å²) < 4.78 is 10.3. The van der Waals surface area contributed by atoms with E-state index in [2.05, 4.69) is 30.6 Å². The first-order valence-electron chi connectivity index (χ1n) is 8.03. The number of nitrogens with one attached hydrogen (secondary N) is 1. The molecule has 1 fully saturated rings. The van der Waals surface area contributed by atoms with Crippen LogP contribution in [0.1, 0.15) is 29.2 Å². The first kappa shape index (κ1) is 15.3. The van der Waals surface area contributed by atoms with E-state index in [1.165, 1.54) is 6.26 Å². The van der Waals surface area contributed by atoms with Gasteiger partial charge in [0.15, 0.2) is 23.1 Å². The van der Waals surface area contributed by atoms with Crippen molar-refractivity contribution >= 4 is 11.7 Å². The first-order chi connectivity index (χ1) is 12.3. The highest BCUT2D eigenvalue weighted by Crippen LogP contribution is 2.17. The molecule has 0 atom stereocenters. The molecule has 0 spiro atoms. The fourth-order valence-corrected chi connectivity index (χ4v) is 2.64. The van der Waals surface area contributed by atoms with Crippen LogP contribution in [0.2, 0.25) is 0 Å². The zero-order chi connectivity index (χ0) is 17.1. The second-order valence-electron chi connectivity index (χ2n) is 5.65. The van der Waals surface area contributed by atoms with E-state index in [1.54, 1.807) is 18.2 Å². The number of carbonyl (C=O) groups excluding carboxylic acids is 1. The third kappa shape index (κ3) is 3.35. The van der Waals surface area contributed by atoms with Gasteiger partial charge in [0, 0.05) is 13.1 Å². The van der Waals surface area contributed by atoms with Crippen LogP contribution >= 0.6 is 0 Å². The SMILES string of the molecule is O=C(NCc1noc(-c2ccco2)n1)c1ccc(N2CCCC2)nn1. The predicted molar refractivity (Wildman–Crippen MR) is 86.6 cm³/mol. The van der Waals surface area contributed by atoms with Gasteiger partial charge in [-0.15, -0.1) is 10.2 Å². The summed E-state index contributed by atoms with van der Waals surface area (Å²) in [5, 5.41) is 14.6. The molecular formula is C16H16N6O3. The van der Waals surface area contributed by atoms with E-state index in [4.69, 9.17) is 8.94 Å². The molecule has 3 aromatic rings. The minimum atomic E-state index is -0.343. The molecule has 4 rings (SSSR count). The van der Waals surface area contributed by atoms with Gasteiger partial charge in [0.25, 0.3) is 11.8 Å². The number of nitrogens with zero attached hydrogens (tertiary/aromatic N) is 5. The van der Waals surface area contributed by atoms with Crippen molar-refractivity contribution in [1.82, 2.24) is 25.7 Å². The van der Waals surface area contributed by atoms with Crippen LogP contribution in [0.5, 0.6) is 0 Å². The number of amides is 1. The normalized spacial score (nSPS) is 14.0. The van der Waals surface area contributed by atoms with E-state index in [-0.39, 0.29) is 24.0 Å². The zero-order valence-corrected chi connectivity index (χ0v) is 13.4. The van der Waals surface area contributed by atoms with E-state index in [1.807, 2.05) is 6.07 Å². The maximum atomic E-state index is 12.2. The van der Waals surface area contributed by atoms with Gasteiger partial charge in [-0.05, 0) is 37.1 Å². The standard InChI is InChI=1S/C16H16N6O3/c23-15(11-5-6-14(20-19-11)22-7-1-2-8-22)17-10-13-18-16(25-21-13)12-4-3-9-24-12/h3-6,9H,1-2,7-8,10H2,(H,17,23). The summed E-state index contributed by atoms with van der Waals surface area (Å²) in [4.78, 5) is 18.5. The van der Waals surface area contributed by atoms with Gasteiger partial charge < -0.3 is 19.2 Å². The number of rotatable bonds is 5. The Morgan fingerprint density at radius 3 is 2.80 bits per heavy atom. The second kappa shape index (κ2) is 6.71. The lowest BCUT2D eigenvalue weighted by Crippen LogP contribution is -2.25. The van der Waals surface area contributed by atoms with E-state index in [0.29, 0.717) is 11.6 Å². The molecule has 1 amide bonds. The Kier molecular flexibility index (Phi) is 4.11. The van der Waals surface area contributed by atoms with Gasteiger partial charge in [0.1, 0.15) is 0 Å². The maximum absolute atomic E-state index is 12.2. The third-order valence-electron chi connectivity index (χ3n) is 3.92. The smallest absolute Gasteiger partial charge is 0.293 e. The number of furan rings is 1. The van der Waals surface area contributed by atoms with Gasteiger partial charge in [-0.3, -0.25) is 4.79 Å². The van der Waals surface area contributed by atoms with Gasteiger partial charge in [0.05, 0.1) is 12.8 Å². The van der Waals surface area contributed by atoms with Crippen LogP contribution in [0, 0.1) is 0 Å². The van der Waals surface area contributed by atoms with Crippen LogP contribution in [0.25, 0.3) is 11.7 Å². The Hall–Kier alpha value is -3.23. The molecule has 0 aromatic carbocycles. The average Bonchev–Trinajstić information content (AvgIpc) is 3.42. The number of aromatic nitrogens is 4. The highest BCUT2D eigenvalue weighted by atomic mass is 16.5. The van der Waals surface area contributed by atoms with Crippen LogP contribution in [0.4, 0.5) is 5.82 Å². The molecule has 3 aromatic heterocycles. The van der Waals surface area contributed by atoms with E-state index in [0.717, 1.165) is 31.7 Å². The second-order valence-corrected chi connectivity index (χ2v) is 5.65. The highest BCUT2D eigenvalue weighted by Gasteiger charge is 2.16. The lowest BCUT2D eigenvalue weighted by molar-refractivity contribution is 0.0943. The number of anilines is 1. The summed E-state index contributed by atoms with van der Waals surface area (Å²) in [6.45, 7) is 2.09. The third-order valence-corrected chi connectivity index (χ3v) is 3.92. The summed E-state index contributed by atoms with van der Waals surface area (Å²) in [7, 11) is 0. The van der Waals surface area contributed by atoms with Crippen molar-refractivity contribution in [1.29, 1.82) is 0 Å². The zero-order valence-electron chi connectivity index (χ0n) is 13.4. The molecule has 25 heavy (non-hydrogen) atoms. The molecular weight excluding hydrogens is 324 g/mol. The maximum Gasteiger partial charge on any atom is 0.293 e. The Balaban J connectivity index is 1.35. The summed E-state index contributed by atoms with van der Waals surface area (Å²) in [6.07, 6.45) is 3.84. The molecule has 1 aliphatic rings. The van der Waals surface area contributed by atoms with Gasteiger partial charge in [-0.25, -0.2) is 0 Å². The molecule has 0 unspecified atom stereocenters. The van der Waals surface area contributed by atoms with Crippen molar-refractivity contribution in [3.8, 4) is 11.7 Å². The molecule has 1 saturated heterocycles. The van der Waals surface area contributed by atoms with E-state index in [9.17, 15) is 4.79 Å². The molecule has 0 aliphatic carbocycles. The minimum absolute atomic E-state index is 0.124. The van der Waals surface area contributed by atoms with Crippen LogP contribution in [-0.4, -0.2) is 39.3 Å². The molecule has 0 saturated carbocycles. The van der Waals surface area contributed by atoms with Gasteiger partial charge in [-0.2, -0.15) is 4.98 Å². The molecule has 0 radical (unpaired) electrons. The van der Waals surface area contributed by atoms with E-state index >= 15 is 0 Å². The molecule has 9 nitrogen and oxygen atoms in total. The summed E-state index contributed by atoms with van der Waals surface area (Å²) in [5.41, 5.74) is 0.248. The highest BCUT2D eigenvalue weighted by molar-refractivity contribution is 5.92. The largest absolute Gasteiger partial charge is 0.459 e. The van der Waals surface area contributed by atoms with Crippen LogP contribution < -0.4 is 10.2 Å². The quantitative estimate of drug-likeness (QED) is 0.746. The van der Waals surface area contributed by atoms with Crippen LogP contribution in [0.3, 0.4) is 0 Å². The molecule has 0 bridgehead atoms. The summed E-state index contributed by atoms with van der Waals surface area (Å²) in [5.74, 6) is 1.55.